The molecule has 0 fully saturated rings. The molecule has 0 rings (SSSR count). The number of rotatable bonds is 0. The Labute approximate surface area is 118 Å². The van der Waals surface area contributed by atoms with Crippen LogP contribution in [0.1, 0.15) is 2.85 Å². The molecule has 0 aromatic heterocycles. The summed E-state index contributed by atoms with van der Waals surface area (Å²) >= 11 is 11.4. The molecule has 0 bridgehead atoms. The third-order valence-corrected chi connectivity index (χ3v) is 0. The minimum absolute atomic E-state index is 0. The average Bonchev–Trinajstić information content (AvgIpc) is 0.722. The fourth-order valence-corrected chi connectivity index (χ4v) is 0. The van der Waals surface area contributed by atoms with E-state index in [1.54, 1.807) is 0 Å². The first-order chi connectivity index (χ1) is 2.00. The van der Waals surface area contributed by atoms with Gasteiger partial charge in [-0.1, -0.05) is 0 Å². The fourth-order valence-electron chi connectivity index (χ4n) is 0. The molecule has 0 radical (unpaired) electrons. The SMILES string of the molecule is [Br][Pb]([Br])([Br])[Br].[Ca+2].[H-].[H-].[Ti]. The van der Waals surface area contributed by atoms with Crippen LogP contribution in [0.15, 0.2) is 0 Å². The summed E-state index contributed by atoms with van der Waals surface area (Å²) in [7, 11) is 0. The number of hydrogen-bond donors (Lipinski definition) is 0. The molecule has 0 unspecified atom stereocenters. The predicted octanol–water partition coefficient (Wildman–Crippen LogP) is 2.84. The van der Waals surface area contributed by atoms with Crippen molar-refractivity contribution in [2.24, 2.45) is 0 Å². The first kappa shape index (κ1) is 17.8. The molecule has 0 spiro atoms. The quantitative estimate of drug-likeness (QED) is 0.368. The van der Waals surface area contributed by atoms with E-state index in [0.717, 1.165) is 0 Å². The van der Waals surface area contributed by atoms with Crippen LogP contribution in [0.5, 0.6) is 0 Å². The van der Waals surface area contributed by atoms with Crippen LogP contribution in [0.3, 0.4) is 0 Å². The van der Waals surface area contributed by atoms with Gasteiger partial charge in [-0.25, -0.2) is 0 Å². The Morgan fingerprint density at radius 2 is 1.00 bits per heavy atom. The summed E-state index contributed by atoms with van der Waals surface area (Å²) in [5.41, 5.74) is 0. The minimum Gasteiger partial charge on any atom is -1.00 e. The van der Waals surface area contributed by atoms with Gasteiger partial charge < -0.3 is 2.85 Å². The van der Waals surface area contributed by atoms with Crippen molar-refractivity contribution in [2.45, 2.75) is 0 Å². The third-order valence-electron chi connectivity index (χ3n) is 0. The molecule has 0 aliphatic heterocycles. The molecular weight excluding hydrogens is 615 g/mol. The number of halogens is 4. The maximum atomic E-state index is 3.35. The van der Waals surface area contributed by atoms with Gasteiger partial charge in [-0.2, -0.15) is 0 Å². The van der Waals surface area contributed by atoms with Crippen LogP contribution in [-0.2, 0) is 21.7 Å². The van der Waals surface area contributed by atoms with Gasteiger partial charge in [0, 0.05) is 21.7 Å². The van der Waals surface area contributed by atoms with E-state index >= 15 is 0 Å². The second-order valence-electron chi connectivity index (χ2n) is 0.429. The van der Waals surface area contributed by atoms with Crippen LogP contribution in [-0.4, -0.2) is 49.3 Å². The molecule has 0 atom stereocenters. The van der Waals surface area contributed by atoms with Crippen molar-refractivity contribution < 1.29 is 24.6 Å². The summed E-state index contributed by atoms with van der Waals surface area (Å²) in [6.07, 6.45) is 0. The van der Waals surface area contributed by atoms with Gasteiger partial charge in [0.15, 0.2) is 0 Å². The second-order valence-corrected chi connectivity index (χ2v) is 102. The van der Waals surface area contributed by atoms with Crippen molar-refractivity contribution in [3.05, 3.63) is 0 Å². The summed E-state index contributed by atoms with van der Waals surface area (Å²) in [6, 6.07) is 0. The molecule has 0 aliphatic carbocycles. The Balaban J connectivity index is -0.0000000133. The maximum absolute atomic E-state index is 3.35. The van der Waals surface area contributed by atoms with E-state index in [9.17, 15) is 0 Å². The van der Waals surface area contributed by atoms with Crippen molar-refractivity contribution >= 4 is 97.2 Å². The summed E-state index contributed by atoms with van der Waals surface area (Å²) in [6.45, 7) is 0. The molecule has 0 saturated heterocycles. The third kappa shape index (κ3) is 36.2. The van der Waals surface area contributed by atoms with Crippen molar-refractivity contribution in [1.29, 1.82) is 0 Å². The maximum Gasteiger partial charge on any atom is 2.00 e. The van der Waals surface area contributed by atoms with E-state index in [2.05, 4.69) is 47.9 Å². The first-order valence-corrected chi connectivity index (χ1v) is 34.5. The summed E-state index contributed by atoms with van der Waals surface area (Å²) in [5, 5.41) is 0. The van der Waals surface area contributed by atoms with Crippen LogP contribution in [0.4, 0.5) is 0 Å². The van der Waals surface area contributed by atoms with Crippen LogP contribution in [0.2, 0.25) is 0 Å². The fraction of sp³-hybridized carbons (Fsp3) is 0. The van der Waals surface area contributed by atoms with Crippen LogP contribution < -0.4 is 0 Å². The predicted molar refractivity (Wildman–Crippen MR) is 49.4 cm³/mol. The molecule has 0 N–H and O–H groups in total. The molecule has 0 aromatic rings. The molecule has 0 aliphatic rings. The van der Waals surface area contributed by atoms with E-state index in [1.807, 2.05) is 0 Å². The Hall–Kier alpha value is 4.82. The zero-order valence-electron chi connectivity index (χ0n) is 5.22. The largest absolute Gasteiger partial charge is 2.00 e. The van der Waals surface area contributed by atoms with E-state index in [0.29, 0.717) is 0 Å². The van der Waals surface area contributed by atoms with Gasteiger partial charge in [0.2, 0.25) is 0 Å². The molecule has 0 nitrogen and oxygen atoms in total. The minimum atomic E-state index is -2.03. The smallest absolute Gasteiger partial charge is 1.00 e. The van der Waals surface area contributed by atoms with Gasteiger partial charge in [-0.15, -0.1) is 0 Å². The van der Waals surface area contributed by atoms with Gasteiger partial charge in [0.25, 0.3) is 0 Å². The van der Waals surface area contributed by atoms with Gasteiger partial charge in [-0.05, 0) is 0 Å². The topological polar surface area (TPSA) is 0 Å². The molecule has 0 heterocycles. The van der Waals surface area contributed by atoms with Gasteiger partial charge in [0.1, 0.15) is 0 Å². The van der Waals surface area contributed by atoms with Crippen LogP contribution in [0.25, 0.3) is 0 Å². The molecule has 0 saturated carbocycles. The van der Waals surface area contributed by atoms with Crippen molar-refractivity contribution in [1.82, 2.24) is 0 Å². The summed E-state index contributed by atoms with van der Waals surface area (Å²) < 4.78 is 0. The standard InChI is InChI=1S/4BrH.Ca.Pb.Ti.2H/h4*1H;;;;;/q;;;;+2;+4;;2*-1/p-4. The van der Waals surface area contributed by atoms with E-state index in [4.69, 9.17) is 0 Å². The van der Waals surface area contributed by atoms with Crippen molar-refractivity contribution in [3.8, 4) is 0 Å². The van der Waals surface area contributed by atoms with E-state index < -0.39 is 11.5 Å². The Bertz CT molecular complexity index is 34.0. The summed E-state index contributed by atoms with van der Waals surface area (Å²) in [4.78, 5) is 0. The summed E-state index contributed by atoms with van der Waals surface area (Å²) in [5.74, 6) is 0. The Kier molecular flexibility index (Phi) is 22.6. The molecule has 7 heavy (non-hydrogen) atoms. The van der Waals surface area contributed by atoms with Gasteiger partial charge in [-0.3, -0.25) is 0 Å². The molecule has 0 aromatic carbocycles. The van der Waals surface area contributed by atoms with Gasteiger partial charge in [0.05, 0.1) is 0 Å². The normalized spacial score (nSPS) is 8.57. The van der Waals surface area contributed by atoms with Crippen molar-refractivity contribution in [3.63, 3.8) is 0 Å². The van der Waals surface area contributed by atoms with Crippen LogP contribution >= 0.6 is 47.9 Å². The van der Waals surface area contributed by atoms with Crippen molar-refractivity contribution in [2.75, 3.05) is 0 Å². The Morgan fingerprint density at radius 1 is 1.00 bits per heavy atom. The monoisotopic (exact) mass is 614 g/mol. The van der Waals surface area contributed by atoms with E-state index in [-0.39, 0.29) is 62.3 Å². The first-order valence-electron chi connectivity index (χ1n) is 0.756. The molecular formula is H2Br4CaPbTi. The molecule has 0 amide bonds. The molecule has 40 valence electrons. The second kappa shape index (κ2) is 8.91. The zero-order valence-corrected chi connectivity index (χ0v) is 17.2. The molecule has 7 heteroatoms. The van der Waals surface area contributed by atoms with E-state index in [1.165, 1.54) is 0 Å². The van der Waals surface area contributed by atoms with Gasteiger partial charge >= 0.3 is 97.2 Å². The zero-order chi connectivity index (χ0) is 4.50. The number of hydrogen-bond acceptors (Lipinski definition) is 0. The Morgan fingerprint density at radius 3 is 1.00 bits per heavy atom. The average molecular weight is 617 g/mol. The van der Waals surface area contributed by atoms with Crippen LogP contribution in [0, 0.1) is 0 Å².